The van der Waals surface area contributed by atoms with E-state index in [1.807, 2.05) is 18.2 Å². The van der Waals surface area contributed by atoms with E-state index in [4.69, 9.17) is 0 Å². The van der Waals surface area contributed by atoms with Crippen LogP contribution in [0.5, 0.6) is 0 Å². The third kappa shape index (κ3) is 3.84. The molecule has 2 rings (SSSR count). The number of aromatic nitrogens is 3. The normalized spacial score (nSPS) is 11.5. The summed E-state index contributed by atoms with van der Waals surface area (Å²) in [4.78, 5) is 27.8. The van der Waals surface area contributed by atoms with Crippen LogP contribution in [0, 0.1) is 5.41 Å². The Labute approximate surface area is 129 Å². The van der Waals surface area contributed by atoms with Gasteiger partial charge in [-0.3, -0.25) is 9.78 Å². The van der Waals surface area contributed by atoms with Crippen LogP contribution in [0.2, 0.25) is 0 Å². The van der Waals surface area contributed by atoms with Crippen molar-refractivity contribution in [3.63, 3.8) is 0 Å². The minimum Gasteiger partial charge on any atom is -0.338 e. The van der Waals surface area contributed by atoms with Crippen LogP contribution in [0.1, 0.15) is 30.0 Å². The van der Waals surface area contributed by atoms with Gasteiger partial charge in [0.25, 0.3) is 5.91 Å². The van der Waals surface area contributed by atoms with Crippen molar-refractivity contribution in [3.05, 3.63) is 52.2 Å². The molecule has 118 valence electrons. The second kappa shape index (κ2) is 6.17. The highest BCUT2D eigenvalue weighted by atomic mass is 16.2. The highest BCUT2D eigenvalue weighted by Gasteiger charge is 2.25. The maximum absolute atomic E-state index is 12.3. The zero-order chi connectivity index (χ0) is 16.3. The number of carbonyl (C=O) groups is 1. The third-order valence-corrected chi connectivity index (χ3v) is 3.51. The molecule has 0 saturated carbocycles. The van der Waals surface area contributed by atoms with Gasteiger partial charge in [-0.1, -0.05) is 44.2 Å². The van der Waals surface area contributed by atoms with Crippen molar-refractivity contribution in [2.75, 3.05) is 13.6 Å². The molecule has 1 N–H and O–H groups in total. The van der Waals surface area contributed by atoms with E-state index >= 15 is 0 Å². The first kappa shape index (κ1) is 16.0. The van der Waals surface area contributed by atoms with E-state index in [1.54, 1.807) is 11.9 Å². The van der Waals surface area contributed by atoms with Gasteiger partial charge in [0.05, 0.1) is 0 Å². The Hall–Kier alpha value is -2.37. The molecule has 6 heteroatoms. The summed E-state index contributed by atoms with van der Waals surface area (Å²) in [5.41, 5.74) is 0.765. The molecule has 0 bridgehead atoms. The quantitative estimate of drug-likeness (QED) is 0.908. The number of rotatable bonds is 5. The van der Waals surface area contributed by atoms with Gasteiger partial charge in [0.15, 0.2) is 0 Å². The van der Waals surface area contributed by atoms with Crippen LogP contribution >= 0.6 is 0 Å². The first-order valence-corrected chi connectivity index (χ1v) is 7.21. The summed E-state index contributed by atoms with van der Waals surface area (Å²) in [6.45, 7) is 4.80. The van der Waals surface area contributed by atoms with Gasteiger partial charge in [-0.2, -0.15) is 0 Å². The number of benzene rings is 1. The van der Waals surface area contributed by atoms with Gasteiger partial charge in [-0.25, -0.2) is 9.48 Å². The molecule has 0 radical (unpaired) electrons. The Morgan fingerprint density at radius 1 is 1.32 bits per heavy atom. The minimum absolute atomic E-state index is 0.0745. The monoisotopic (exact) mass is 302 g/mol. The lowest BCUT2D eigenvalue weighted by atomic mass is 9.85. The summed E-state index contributed by atoms with van der Waals surface area (Å²) >= 11 is 0. The maximum atomic E-state index is 12.3. The Bertz CT molecular complexity index is 700. The van der Waals surface area contributed by atoms with Gasteiger partial charge in [0.2, 0.25) is 5.82 Å². The average molecular weight is 302 g/mol. The Morgan fingerprint density at radius 3 is 2.50 bits per heavy atom. The van der Waals surface area contributed by atoms with Crippen molar-refractivity contribution in [3.8, 4) is 0 Å². The van der Waals surface area contributed by atoms with E-state index in [0.717, 1.165) is 11.1 Å². The van der Waals surface area contributed by atoms with E-state index in [-0.39, 0.29) is 22.8 Å². The number of amides is 1. The molecule has 0 aliphatic heterocycles. The van der Waals surface area contributed by atoms with Crippen molar-refractivity contribution < 1.29 is 4.79 Å². The van der Waals surface area contributed by atoms with Crippen LogP contribution < -0.4 is 5.69 Å². The first-order chi connectivity index (χ1) is 10.3. The summed E-state index contributed by atoms with van der Waals surface area (Å²) < 4.78 is 1.12. The Kier molecular flexibility index (Phi) is 4.49. The Balaban J connectivity index is 2.05. The van der Waals surface area contributed by atoms with Gasteiger partial charge in [0.1, 0.15) is 0 Å². The van der Waals surface area contributed by atoms with Crippen molar-refractivity contribution in [1.29, 1.82) is 0 Å². The fourth-order valence-electron chi connectivity index (χ4n) is 2.60. The minimum atomic E-state index is -0.389. The molecule has 0 aliphatic carbocycles. The van der Waals surface area contributed by atoms with Crippen LogP contribution in [-0.2, 0) is 13.5 Å². The van der Waals surface area contributed by atoms with E-state index < -0.39 is 0 Å². The van der Waals surface area contributed by atoms with Crippen molar-refractivity contribution in [2.45, 2.75) is 20.3 Å². The molecule has 0 aliphatic rings. The highest BCUT2D eigenvalue weighted by Crippen LogP contribution is 2.23. The standard InChI is InChI=1S/C16H22N4O2/c1-16(2,10-12-8-6-5-7-9-12)11-19(3)14(21)13-17-15(22)20(4)18-13/h5-9H,10-11H2,1-4H3,(H,17,18,22). The topological polar surface area (TPSA) is 71.0 Å². The zero-order valence-corrected chi connectivity index (χ0v) is 13.5. The smallest absolute Gasteiger partial charge is 0.338 e. The third-order valence-electron chi connectivity index (χ3n) is 3.51. The van der Waals surface area contributed by atoms with Crippen molar-refractivity contribution in [2.24, 2.45) is 12.5 Å². The lowest BCUT2D eigenvalue weighted by Crippen LogP contribution is -2.37. The van der Waals surface area contributed by atoms with Crippen LogP contribution in [0.15, 0.2) is 35.1 Å². The molecule has 1 aromatic heterocycles. The predicted molar refractivity (Wildman–Crippen MR) is 84.7 cm³/mol. The predicted octanol–water partition coefficient (Wildman–Crippen LogP) is 1.45. The number of aryl methyl sites for hydroxylation is 1. The van der Waals surface area contributed by atoms with Gasteiger partial charge < -0.3 is 4.90 Å². The van der Waals surface area contributed by atoms with Crippen LogP contribution in [0.4, 0.5) is 0 Å². The fourth-order valence-corrected chi connectivity index (χ4v) is 2.60. The number of hydrogen-bond donors (Lipinski definition) is 1. The van der Waals surface area contributed by atoms with Gasteiger partial charge in [-0.05, 0) is 17.4 Å². The number of aromatic amines is 1. The molecule has 0 unspecified atom stereocenters. The maximum Gasteiger partial charge on any atom is 0.343 e. The van der Waals surface area contributed by atoms with E-state index in [2.05, 4.69) is 36.1 Å². The van der Waals surface area contributed by atoms with Crippen molar-refractivity contribution >= 4 is 5.91 Å². The van der Waals surface area contributed by atoms with Gasteiger partial charge in [-0.15, -0.1) is 5.10 Å². The molecule has 0 saturated heterocycles. The molecule has 1 heterocycles. The lowest BCUT2D eigenvalue weighted by Gasteiger charge is -2.30. The number of carbonyl (C=O) groups excluding carboxylic acids is 1. The van der Waals surface area contributed by atoms with Gasteiger partial charge >= 0.3 is 5.69 Å². The van der Waals surface area contributed by atoms with Crippen LogP contribution in [-0.4, -0.2) is 39.2 Å². The fraction of sp³-hybridized carbons (Fsp3) is 0.438. The molecular formula is C16H22N4O2. The second-order valence-corrected chi connectivity index (χ2v) is 6.39. The number of nitrogens with zero attached hydrogens (tertiary/aromatic N) is 3. The molecule has 6 nitrogen and oxygen atoms in total. The van der Waals surface area contributed by atoms with Gasteiger partial charge in [0, 0.05) is 20.6 Å². The lowest BCUT2D eigenvalue weighted by molar-refractivity contribution is 0.0723. The molecular weight excluding hydrogens is 280 g/mol. The largest absolute Gasteiger partial charge is 0.343 e. The van der Waals surface area contributed by atoms with E-state index in [1.165, 1.54) is 12.6 Å². The van der Waals surface area contributed by atoms with E-state index in [0.29, 0.717) is 6.54 Å². The summed E-state index contributed by atoms with van der Waals surface area (Å²) in [5.74, 6) is -0.204. The summed E-state index contributed by atoms with van der Waals surface area (Å²) in [5, 5.41) is 3.90. The Morgan fingerprint density at radius 2 is 1.95 bits per heavy atom. The highest BCUT2D eigenvalue weighted by molar-refractivity contribution is 5.90. The molecule has 22 heavy (non-hydrogen) atoms. The van der Waals surface area contributed by atoms with E-state index in [9.17, 15) is 9.59 Å². The zero-order valence-electron chi connectivity index (χ0n) is 13.5. The van der Waals surface area contributed by atoms with Crippen molar-refractivity contribution in [1.82, 2.24) is 19.7 Å². The summed E-state index contributed by atoms with van der Waals surface area (Å²) in [6, 6.07) is 10.2. The average Bonchev–Trinajstić information content (AvgIpc) is 2.77. The molecule has 1 aromatic carbocycles. The number of H-pyrrole nitrogens is 1. The molecule has 0 spiro atoms. The second-order valence-electron chi connectivity index (χ2n) is 6.39. The first-order valence-electron chi connectivity index (χ1n) is 7.21. The molecule has 2 aromatic rings. The number of hydrogen-bond acceptors (Lipinski definition) is 3. The molecule has 1 amide bonds. The van der Waals surface area contributed by atoms with Crippen LogP contribution in [0.3, 0.4) is 0 Å². The summed E-state index contributed by atoms with van der Waals surface area (Å²) in [6.07, 6.45) is 0.865. The summed E-state index contributed by atoms with van der Waals surface area (Å²) in [7, 11) is 3.23. The SMILES string of the molecule is CN(CC(C)(C)Cc1ccccc1)C(=O)c1nn(C)c(=O)[nH]1. The van der Waals surface area contributed by atoms with Crippen LogP contribution in [0.25, 0.3) is 0 Å². The molecule has 0 atom stereocenters. The number of nitrogens with one attached hydrogen (secondary N) is 1. The molecule has 0 fully saturated rings.